The summed E-state index contributed by atoms with van der Waals surface area (Å²) in [5.41, 5.74) is 4.22. The van der Waals surface area contributed by atoms with Crippen molar-refractivity contribution in [1.82, 2.24) is 19.7 Å². The van der Waals surface area contributed by atoms with E-state index in [1.807, 2.05) is 11.8 Å². The van der Waals surface area contributed by atoms with Crippen LogP contribution in [0.1, 0.15) is 85.7 Å². The van der Waals surface area contributed by atoms with E-state index in [4.69, 9.17) is 4.74 Å². The summed E-state index contributed by atoms with van der Waals surface area (Å²) >= 11 is 1.61. The van der Waals surface area contributed by atoms with E-state index in [0.29, 0.717) is 57.0 Å². The molecule has 1 aromatic carbocycles. The summed E-state index contributed by atoms with van der Waals surface area (Å²) < 4.78 is 5.44. The van der Waals surface area contributed by atoms with Gasteiger partial charge in [-0.3, -0.25) is 19.3 Å². The molecule has 0 aliphatic carbocycles. The van der Waals surface area contributed by atoms with Crippen molar-refractivity contribution in [3.8, 4) is 11.3 Å². The molecule has 6 heterocycles. The van der Waals surface area contributed by atoms with Crippen molar-refractivity contribution in [2.24, 2.45) is 5.92 Å². The molecule has 0 radical (unpaired) electrons. The lowest BCUT2D eigenvalue weighted by atomic mass is 9.88. The number of ether oxygens (including phenoxy) is 1. The number of nitrogens with zero attached hydrogens (tertiary/aromatic N) is 3. The minimum atomic E-state index is -0.670. The molecule has 2 aromatic heterocycles. The van der Waals surface area contributed by atoms with Gasteiger partial charge >= 0.3 is 0 Å². The average molecular weight is 645 g/mol. The molecule has 1 N–H and O–H groups in total. The predicted molar refractivity (Wildman–Crippen MR) is 182 cm³/mol. The monoisotopic (exact) mass is 644 g/mol. The van der Waals surface area contributed by atoms with Crippen molar-refractivity contribution in [3.63, 3.8) is 0 Å². The van der Waals surface area contributed by atoms with E-state index in [-0.39, 0.29) is 29.6 Å². The number of amides is 2. The number of H-pyrrole nitrogens is 1. The van der Waals surface area contributed by atoms with Gasteiger partial charge in [-0.2, -0.15) is 0 Å². The Morgan fingerprint density at radius 3 is 2.11 bits per heavy atom. The first kappa shape index (κ1) is 31.6. The molecular weight excluding hydrogens is 596 g/mol. The fourth-order valence-corrected chi connectivity index (χ4v) is 9.67. The summed E-state index contributed by atoms with van der Waals surface area (Å²) in [6, 6.07) is 8.98. The van der Waals surface area contributed by atoms with Gasteiger partial charge in [-0.15, -0.1) is 11.3 Å². The summed E-state index contributed by atoms with van der Waals surface area (Å²) in [7, 11) is 0. The molecule has 1 atom stereocenters. The van der Waals surface area contributed by atoms with Crippen LogP contribution in [-0.2, 0) is 19.7 Å². The van der Waals surface area contributed by atoms with Gasteiger partial charge in [0.25, 0.3) is 0 Å². The first-order valence-corrected chi connectivity index (χ1v) is 18.1. The van der Waals surface area contributed by atoms with Crippen LogP contribution < -0.4 is 0 Å². The second kappa shape index (κ2) is 12.2. The average Bonchev–Trinajstić information content (AvgIpc) is 3.84. The number of aromatic nitrogens is 1. The lowest BCUT2D eigenvalue weighted by molar-refractivity contribution is -0.141. The van der Waals surface area contributed by atoms with Gasteiger partial charge in [0.05, 0.1) is 35.9 Å². The quantitative estimate of drug-likeness (QED) is 0.315. The lowest BCUT2D eigenvalue weighted by Gasteiger charge is -2.37. The zero-order valence-corrected chi connectivity index (χ0v) is 28.8. The number of hydrogen-bond acceptors (Lipinski definition) is 6. The molecule has 0 spiro atoms. The van der Waals surface area contributed by atoms with Crippen molar-refractivity contribution in [1.29, 1.82) is 0 Å². The van der Waals surface area contributed by atoms with E-state index < -0.39 is 5.41 Å². The van der Waals surface area contributed by atoms with Crippen molar-refractivity contribution < 1.29 is 19.1 Å². The summed E-state index contributed by atoms with van der Waals surface area (Å²) in [5, 5.41) is 0.911. The zero-order chi connectivity index (χ0) is 32.3. The highest BCUT2D eigenvalue weighted by Crippen LogP contribution is 2.45. The minimum Gasteiger partial charge on any atom is -0.378 e. The van der Waals surface area contributed by atoms with Gasteiger partial charge in [0.2, 0.25) is 11.8 Å². The van der Waals surface area contributed by atoms with Gasteiger partial charge in [0.15, 0.2) is 5.78 Å². The van der Waals surface area contributed by atoms with Gasteiger partial charge in [-0.25, -0.2) is 0 Å². The largest absolute Gasteiger partial charge is 0.378 e. The number of aryl methyl sites for hydroxylation is 2. The third-order valence-electron chi connectivity index (χ3n) is 11.2. The molecule has 4 saturated heterocycles. The molecule has 4 aliphatic heterocycles. The number of ketones is 1. The molecule has 7 rings (SSSR count). The van der Waals surface area contributed by atoms with Crippen LogP contribution in [0.25, 0.3) is 21.5 Å². The number of piperidine rings is 1. The number of carbonyl (C=O) groups is 3. The first-order chi connectivity index (χ1) is 22.0. The second-order valence-corrected chi connectivity index (χ2v) is 15.7. The normalized spacial score (nSPS) is 23.4. The molecule has 3 aromatic rings. The molecule has 2 amide bonds. The van der Waals surface area contributed by atoms with E-state index in [2.05, 4.69) is 66.7 Å². The number of carbonyl (C=O) groups excluding carboxylic acids is 3. The van der Waals surface area contributed by atoms with Gasteiger partial charge < -0.3 is 19.5 Å². The number of nitrogens with one attached hydrogen (secondary N) is 1. The standard InChI is InChI=1S/C37H48N4O4S/c1-22-18-23(2)20-26(19-22)32-31(33(42)24(3)39-12-10-25(11-13-39)35(43)40-14-16-45-17-15-40)29-21-30(46-34(29)38-32)37(4,5)36(44)41-27-6-7-28(41)9-8-27/h18-21,24-25,27-28,38H,6-17H2,1-5H3. The van der Waals surface area contributed by atoms with Crippen molar-refractivity contribution >= 4 is 39.2 Å². The van der Waals surface area contributed by atoms with Crippen molar-refractivity contribution in [2.45, 2.75) is 96.7 Å². The number of morpholine rings is 1. The maximum absolute atomic E-state index is 14.6. The van der Waals surface area contributed by atoms with Crippen LogP contribution >= 0.6 is 11.3 Å². The number of fused-ring (bicyclic) bond motifs is 3. The van der Waals surface area contributed by atoms with Gasteiger partial charge in [-0.05, 0) is 110 Å². The van der Waals surface area contributed by atoms with E-state index >= 15 is 0 Å². The number of thiophene rings is 1. The van der Waals surface area contributed by atoms with E-state index in [1.165, 1.54) is 0 Å². The summed E-state index contributed by atoms with van der Waals surface area (Å²) in [4.78, 5) is 53.8. The van der Waals surface area contributed by atoms with Crippen molar-refractivity contribution in [2.75, 3.05) is 39.4 Å². The Morgan fingerprint density at radius 1 is 0.891 bits per heavy atom. The maximum atomic E-state index is 14.6. The summed E-state index contributed by atoms with van der Waals surface area (Å²) in [6.45, 7) is 14.3. The van der Waals surface area contributed by atoms with Crippen molar-refractivity contribution in [3.05, 3.63) is 45.8 Å². The fourth-order valence-electron chi connectivity index (χ4n) is 8.50. The molecule has 246 valence electrons. The highest BCUT2D eigenvalue weighted by atomic mass is 32.1. The number of hydrogen-bond donors (Lipinski definition) is 1. The van der Waals surface area contributed by atoms with Gasteiger partial charge in [0, 0.05) is 41.4 Å². The zero-order valence-electron chi connectivity index (χ0n) is 28.0. The van der Waals surface area contributed by atoms with Crippen LogP contribution in [0.2, 0.25) is 0 Å². The molecule has 4 fully saturated rings. The molecule has 1 unspecified atom stereocenters. The number of benzene rings is 1. The van der Waals surface area contributed by atoms with Gasteiger partial charge in [-0.1, -0.05) is 17.2 Å². The minimum absolute atomic E-state index is 0.00601. The number of likely N-dealkylation sites (tertiary alicyclic amines) is 1. The lowest BCUT2D eigenvalue weighted by Crippen LogP contribution is -2.49. The topological polar surface area (TPSA) is 86.0 Å². The van der Waals surface area contributed by atoms with Crippen LogP contribution in [0.5, 0.6) is 0 Å². The third kappa shape index (κ3) is 5.52. The Hall–Kier alpha value is -3.01. The Morgan fingerprint density at radius 2 is 1.50 bits per heavy atom. The van der Waals surface area contributed by atoms with Gasteiger partial charge in [0.1, 0.15) is 4.83 Å². The number of Topliss-reactive ketones (excluding diaryl/α,β-unsaturated/α-hetero) is 1. The molecule has 46 heavy (non-hydrogen) atoms. The Kier molecular flexibility index (Phi) is 8.39. The van der Waals surface area contributed by atoms with Crippen LogP contribution in [0, 0.1) is 19.8 Å². The number of aromatic amines is 1. The molecule has 0 saturated carbocycles. The van der Waals surface area contributed by atoms with Crippen LogP contribution in [0.4, 0.5) is 0 Å². The second-order valence-electron chi connectivity index (χ2n) is 14.7. The van der Waals surface area contributed by atoms with E-state index in [1.54, 1.807) is 11.3 Å². The van der Waals surface area contributed by atoms with E-state index in [9.17, 15) is 14.4 Å². The van der Waals surface area contributed by atoms with E-state index in [0.717, 1.165) is 76.0 Å². The molecule has 4 aliphatic rings. The van der Waals surface area contributed by atoms with Crippen LogP contribution in [-0.4, -0.2) is 94.8 Å². The third-order valence-corrected chi connectivity index (χ3v) is 12.6. The molecule has 8 nitrogen and oxygen atoms in total. The molecular formula is C37H48N4O4S. The SMILES string of the molecule is Cc1cc(C)cc(-c2[nH]c3sc(C(C)(C)C(=O)N4C5CCC4CC5)cc3c2C(=O)C(C)N2CCC(C(=O)N3CCOCC3)CC2)c1. The highest BCUT2D eigenvalue weighted by Gasteiger charge is 2.47. The maximum Gasteiger partial charge on any atom is 0.233 e. The molecule has 9 heteroatoms. The Bertz CT molecular complexity index is 1620. The smallest absolute Gasteiger partial charge is 0.233 e. The fraction of sp³-hybridized carbons (Fsp3) is 0.595. The Labute approximate surface area is 276 Å². The summed E-state index contributed by atoms with van der Waals surface area (Å²) in [6.07, 6.45) is 5.99. The predicted octanol–water partition coefficient (Wildman–Crippen LogP) is 6.09. The Balaban J connectivity index is 1.18. The summed E-state index contributed by atoms with van der Waals surface area (Å²) in [5.74, 6) is 0.541. The number of rotatable bonds is 7. The first-order valence-electron chi connectivity index (χ1n) is 17.2. The van der Waals surface area contributed by atoms with Crippen LogP contribution in [0.3, 0.4) is 0 Å². The van der Waals surface area contributed by atoms with Crippen LogP contribution in [0.15, 0.2) is 24.3 Å². The molecule has 2 bridgehead atoms. The highest BCUT2D eigenvalue weighted by molar-refractivity contribution is 7.19.